The quantitative estimate of drug-likeness (QED) is 0.657. The van der Waals surface area contributed by atoms with E-state index >= 15 is 0 Å². The van der Waals surface area contributed by atoms with E-state index in [-0.39, 0.29) is 6.54 Å². The Morgan fingerprint density at radius 1 is 1.75 bits per heavy atom. The number of carboxylic acid groups (broad SMARTS) is 1. The van der Waals surface area contributed by atoms with Crippen LogP contribution in [0.2, 0.25) is 0 Å². The summed E-state index contributed by atoms with van der Waals surface area (Å²) in [6.07, 6.45) is 1.58. The third-order valence-electron chi connectivity index (χ3n) is 1.28. The molecule has 66 valence electrons. The molecule has 0 spiro atoms. The maximum absolute atomic E-state index is 10.2. The fourth-order valence-corrected chi connectivity index (χ4v) is 0.709. The molecular formula is C6H10N4O2. The van der Waals surface area contributed by atoms with E-state index in [9.17, 15) is 4.79 Å². The molecule has 0 radical (unpaired) electrons. The van der Waals surface area contributed by atoms with E-state index in [2.05, 4.69) is 10.3 Å². The number of anilines is 1. The van der Waals surface area contributed by atoms with Gasteiger partial charge in [-0.2, -0.15) is 0 Å². The van der Waals surface area contributed by atoms with Crippen molar-refractivity contribution in [2.24, 2.45) is 0 Å². The molecule has 0 aliphatic heterocycles. The molecule has 0 saturated heterocycles. The number of hydrogen-bond acceptors (Lipinski definition) is 4. The molecule has 0 saturated carbocycles. The Balaban J connectivity index is 2.70. The molecule has 12 heavy (non-hydrogen) atoms. The Labute approximate surface area is 69.4 Å². The summed E-state index contributed by atoms with van der Waals surface area (Å²) in [5.41, 5.74) is 0. The molecule has 1 aromatic rings. The van der Waals surface area contributed by atoms with Crippen molar-refractivity contribution in [1.82, 2.24) is 15.0 Å². The first-order chi connectivity index (χ1) is 5.59. The van der Waals surface area contributed by atoms with E-state index < -0.39 is 5.97 Å². The third kappa shape index (κ3) is 1.94. The van der Waals surface area contributed by atoms with Crippen LogP contribution < -0.4 is 4.90 Å². The Morgan fingerprint density at radius 3 is 2.83 bits per heavy atom. The number of aliphatic carboxylic acids is 1. The minimum Gasteiger partial charge on any atom is -0.480 e. The molecule has 0 aliphatic carbocycles. The van der Waals surface area contributed by atoms with E-state index in [1.165, 1.54) is 4.68 Å². The van der Waals surface area contributed by atoms with E-state index in [1.54, 1.807) is 11.1 Å². The minimum atomic E-state index is -0.926. The highest BCUT2D eigenvalue weighted by Gasteiger charge is 2.04. The summed E-state index contributed by atoms with van der Waals surface area (Å²) in [5, 5.41) is 15.8. The highest BCUT2D eigenvalue weighted by Crippen LogP contribution is 2.02. The van der Waals surface area contributed by atoms with Crippen molar-refractivity contribution in [3.63, 3.8) is 0 Å². The Hall–Kier alpha value is -1.59. The topological polar surface area (TPSA) is 71.2 Å². The molecule has 1 aromatic heterocycles. The van der Waals surface area contributed by atoms with Gasteiger partial charge in [0.05, 0.1) is 6.20 Å². The van der Waals surface area contributed by atoms with E-state index in [1.807, 2.05) is 14.1 Å². The van der Waals surface area contributed by atoms with E-state index in [4.69, 9.17) is 5.11 Å². The number of aromatic nitrogens is 3. The first kappa shape index (κ1) is 8.51. The van der Waals surface area contributed by atoms with E-state index in [0.29, 0.717) is 5.82 Å². The molecule has 0 unspecified atom stereocenters. The first-order valence-electron chi connectivity index (χ1n) is 3.39. The minimum absolute atomic E-state index is 0.152. The zero-order valence-corrected chi connectivity index (χ0v) is 6.93. The van der Waals surface area contributed by atoms with Crippen LogP contribution in [-0.2, 0) is 11.3 Å². The van der Waals surface area contributed by atoms with Gasteiger partial charge in [0.2, 0.25) is 0 Å². The van der Waals surface area contributed by atoms with Gasteiger partial charge in [0.15, 0.2) is 5.82 Å². The largest absolute Gasteiger partial charge is 0.480 e. The van der Waals surface area contributed by atoms with Gasteiger partial charge in [0.1, 0.15) is 6.54 Å². The van der Waals surface area contributed by atoms with Gasteiger partial charge in [-0.25, -0.2) is 4.68 Å². The van der Waals surface area contributed by atoms with Crippen molar-refractivity contribution in [3.8, 4) is 0 Å². The molecule has 1 heterocycles. The summed E-state index contributed by atoms with van der Waals surface area (Å²) < 4.78 is 1.28. The summed E-state index contributed by atoms with van der Waals surface area (Å²) in [7, 11) is 3.63. The van der Waals surface area contributed by atoms with Gasteiger partial charge in [-0.1, -0.05) is 5.21 Å². The molecule has 0 aromatic carbocycles. The van der Waals surface area contributed by atoms with Gasteiger partial charge in [-0.15, -0.1) is 5.10 Å². The van der Waals surface area contributed by atoms with Crippen molar-refractivity contribution < 1.29 is 9.90 Å². The van der Waals surface area contributed by atoms with Crippen LogP contribution >= 0.6 is 0 Å². The lowest BCUT2D eigenvalue weighted by atomic mass is 10.6. The van der Waals surface area contributed by atoms with Crippen molar-refractivity contribution >= 4 is 11.8 Å². The van der Waals surface area contributed by atoms with Gasteiger partial charge in [-0.05, 0) is 0 Å². The predicted octanol–water partition coefficient (Wildman–Crippen LogP) is -0.571. The summed E-state index contributed by atoms with van der Waals surface area (Å²) >= 11 is 0. The second kappa shape index (κ2) is 3.21. The molecule has 6 heteroatoms. The average molecular weight is 170 g/mol. The maximum Gasteiger partial charge on any atom is 0.325 e. The van der Waals surface area contributed by atoms with Crippen LogP contribution in [0.25, 0.3) is 0 Å². The summed E-state index contributed by atoms with van der Waals surface area (Å²) in [5.74, 6) is -0.276. The molecule has 6 nitrogen and oxygen atoms in total. The average Bonchev–Trinajstić information content (AvgIpc) is 2.34. The van der Waals surface area contributed by atoms with Crippen LogP contribution in [0.15, 0.2) is 6.20 Å². The molecule has 0 fully saturated rings. The standard InChI is InChI=1S/C6H10N4O2/c1-9(2)5-3-10(8-7-5)4-6(11)12/h3H,4H2,1-2H3,(H,11,12). The molecule has 0 bridgehead atoms. The summed E-state index contributed by atoms with van der Waals surface area (Å²) in [4.78, 5) is 12.0. The number of hydrogen-bond donors (Lipinski definition) is 1. The van der Waals surface area contributed by atoms with Crippen LogP contribution in [0.3, 0.4) is 0 Å². The normalized spacial score (nSPS) is 9.83. The van der Waals surface area contributed by atoms with Gasteiger partial charge in [0, 0.05) is 14.1 Å². The Kier molecular flexibility index (Phi) is 2.27. The molecule has 1 rings (SSSR count). The number of nitrogens with zero attached hydrogens (tertiary/aromatic N) is 4. The van der Waals surface area contributed by atoms with Gasteiger partial charge >= 0.3 is 5.97 Å². The second-order valence-electron chi connectivity index (χ2n) is 2.56. The molecule has 0 atom stereocenters. The third-order valence-corrected chi connectivity index (χ3v) is 1.28. The molecule has 0 aliphatic rings. The highest BCUT2D eigenvalue weighted by molar-refractivity contribution is 5.66. The fraction of sp³-hybridized carbons (Fsp3) is 0.500. The monoisotopic (exact) mass is 170 g/mol. The SMILES string of the molecule is CN(C)c1cn(CC(=O)O)nn1. The van der Waals surface area contributed by atoms with Crippen LogP contribution in [0.4, 0.5) is 5.82 Å². The fourth-order valence-electron chi connectivity index (χ4n) is 0.709. The summed E-state index contributed by atoms with van der Waals surface area (Å²) in [6, 6.07) is 0. The van der Waals surface area contributed by atoms with Crippen LogP contribution in [0.5, 0.6) is 0 Å². The number of carboxylic acids is 1. The Morgan fingerprint density at radius 2 is 2.42 bits per heavy atom. The summed E-state index contributed by atoms with van der Waals surface area (Å²) in [6.45, 7) is -0.152. The van der Waals surface area contributed by atoms with Crippen molar-refractivity contribution in [2.75, 3.05) is 19.0 Å². The van der Waals surface area contributed by atoms with Gasteiger partial charge in [-0.3, -0.25) is 4.79 Å². The van der Waals surface area contributed by atoms with Crippen LogP contribution in [-0.4, -0.2) is 40.2 Å². The van der Waals surface area contributed by atoms with Crippen LogP contribution in [0.1, 0.15) is 0 Å². The maximum atomic E-state index is 10.2. The lowest BCUT2D eigenvalue weighted by molar-refractivity contribution is -0.137. The van der Waals surface area contributed by atoms with Gasteiger partial charge < -0.3 is 10.0 Å². The van der Waals surface area contributed by atoms with Gasteiger partial charge in [0.25, 0.3) is 0 Å². The Bertz CT molecular complexity index is 281. The first-order valence-corrected chi connectivity index (χ1v) is 3.39. The van der Waals surface area contributed by atoms with E-state index in [0.717, 1.165) is 0 Å². The molecule has 0 amide bonds. The van der Waals surface area contributed by atoms with Crippen molar-refractivity contribution in [1.29, 1.82) is 0 Å². The second-order valence-corrected chi connectivity index (χ2v) is 2.56. The van der Waals surface area contributed by atoms with Crippen LogP contribution in [0, 0.1) is 0 Å². The zero-order chi connectivity index (χ0) is 9.14. The lowest BCUT2D eigenvalue weighted by Crippen LogP contribution is -2.10. The van der Waals surface area contributed by atoms with Crippen molar-refractivity contribution in [3.05, 3.63) is 6.20 Å². The number of rotatable bonds is 3. The lowest BCUT2D eigenvalue weighted by Gasteiger charge is -2.04. The smallest absolute Gasteiger partial charge is 0.325 e. The highest BCUT2D eigenvalue weighted by atomic mass is 16.4. The molecule has 1 N–H and O–H groups in total. The number of carbonyl (C=O) groups is 1. The predicted molar refractivity (Wildman–Crippen MR) is 42.0 cm³/mol. The zero-order valence-electron chi connectivity index (χ0n) is 6.93. The van der Waals surface area contributed by atoms with Crippen molar-refractivity contribution in [2.45, 2.75) is 6.54 Å². The molecular weight excluding hydrogens is 160 g/mol.